The van der Waals surface area contributed by atoms with Crippen molar-refractivity contribution in [2.75, 3.05) is 13.7 Å². The van der Waals surface area contributed by atoms with Crippen molar-refractivity contribution >= 4 is 23.7 Å². The van der Waals surface area contributed by atoms with E-state index in [-0.39, 0.29) is 24.6 Å². The van der Waals surface area contributed by atoms with Gasteiger partial charge in [-0.2, -0.15) is 0 Å². The fourth-order valence-corrected chi connectivity index (χ4v) is 4.36. The van der Waals surface area contributed by atoms with E-state index in [1.54, 1.807) is 7.05 Å². The number of benzene rings is 1. The minimum Gasteiger partial charge on any atom is -0.375 e. The van der Waals surface area contributed by atoms with Gasteiger partial charge in [0.2, 0.25) is 11.9 Å². The molecule has 2 atom stereocenters. The van der Waals surface area contributed by atoms with Crippen molar-refractivity contribution in [1.82, 2.24) is 14.4 Å². The summed E-state index contributed by atoms with van der Waals surface area (Å²) < 4.78 is 9.77. The molecule has 2 saturated heterocycles. The molecule has 29 heavy (non-hydrogen) atoms. The van der Waals surface area contributed by atoms with Crippen molar-refractivity contribution in [1.29, 1.82) is 0 Å². The van der Waals surface area contributed by atoms with Gasteiger partial charge in [-0.1, -0.05) is 35.3 Å². The normalized spacial score (nSPS) is 23.4. The average Bonchev–Trinajstić information content (AvgIpc) is 3.42. The highest BCUT2D eigenvalue weighted by Crippen LogP contribution is 2.30. The summed E-state index contributed by atoms with van der Waals surface area (Å²) in [6, 6.07) is 8.60. The summed E-state index contributed by atoms with van der Waals surface area (Å²) >= 11 is 0. The lowest BCUT2D eigenvalue weighted by Gasteiger charge is -2.33. The minimum absolute atomic E-state index is 0.165. The number of urea groups is 1. The number of likely N-dealkylation sites (N-methyl/N-ethyl adjacent to an activating group) is 1. The first-order valence-corrected chi connectivity index (χ1v) is 9.99. The number of aliphatic imine (C=N–C) groups is 1. The summed E-state index contributed by atoms with van der Waals surface area (Å²) in [5, 5.41) is 0. The van der Waals surface area contributed by atoms with Gasteiger partial charge in [0.25, 0.3) is 5.91 Å². The van der Waals surface area contributed by atoms with Gasteiger partial charge in [-0.25, -0.2) is 13.9 Å². The second-order valence-electron chi connectivity index (χ2n) is 7.85. The molecule has 0 spiro atoms. The Morgan fingerprint density at radius 3 is 2.76 bits per heavy atom. The molecule has 4 heterocycles. The molecule has 2 unspecified atom stereocenters. The van der Waals surface area contributed by atoms with Crippen LogP contribution in [0.5, 0.6) is 0 Å². The fourth-order valence-electron chi connectivity index (χ4n) is 4.36. The van der Waals surface area contributed by atoms with Crippen molar-refractivity contribution in [2.45, 2.75) is 45.0 Å². The molecular weight excluding hydrogens is 370 g/mol. The summed E-state index contributed by atoms with van der Waals surface area (Å²) in [6.07, 6.45) is 4.22. The van der Waals surface area contributed by atoms with E-state index >= 15 is 0 Å². The van der Waals surface area contributed by atoms with Crippen molar-refractivity contribution in [2.24, 2.45) is 4.99 Å². The second-order valence-corrected chi connectivity index (χ2v) is 7.85. The van der Waals surface area contributed by atoms with E-state index in [1.807, 2.05) is 48.0 Å². The summed E-state index contributed by atoms with van der Waals surface area (Å²) in [5.41, 5.74) is 1.94. The molecule has 0 N–H and O–H groups in total. The number of hydrogen-bond acceptors (Lipinski definition) is 4. The second kappa shape index (κ2) is 6.81. The summed E-state index contributed by atoms with van der Waals surface area (Å²) in [4.78, 5) is 33.7. The zero-order valence-electron chi connectivity index (χ0n) is 16.6. The highest BCUT2D eigenvalue weighted by molar-refractivity contribution is 6.18. The van der Waals surface area contributed by atoms with E-state index in [1.165, 1.54) is 9.80 Å². The molecule has 1 aromatic heterocycles. The first-order valence-electron chi connectivity index (χ1n) is 9.99. The van der Waals surface area contributed by atoms with Gasteiger partial charge in [-0.15, -0.1) is 0 Å². The van der Waals surface area contributed by atoms with E-state index in [0.29, 0.717) is 18.3 Å². The quantitative estimate of drug-likeness (QED) is 0.744. The van der Waals surface area contributed by atoms with Crippen LogP contribution in [0.3, 0.4) is 0 Å². The Balaban J connectivity index is 1.49. The number of imidazole rings is 1. The maximum atomic E-state index is 13.3. The number of aryl methyl sites for hydroxylation is 1. The number of nitrogens with zero attached hydrogens (tertiary/aromatic N) is 5. The maximum absolute atomic E-state index is 13.3. The monoisotopic (exact) mass is 394 g/mol. The molecule has 0 radical (unpaired) electrons. The lowest BCUT2D eigenvalue weighted by Crippen LogP contribution is -2.62. The Morgan fingerprint density at radius 2 is 2.03 bits per heavy atom. The number of carbonyl (C=O) groups excluding carboxylic acids is 2. The topological polar surface area (TPSA) is 71.0 Å². The molecule has 150 valence electrons. The van der Waals surface area contributed by atoms with Gasteiger partial charge in [0.1, 0.15) is 11.9 Å². The number of rotatable bonds is 4. The number of amides is 3. The molecule has 0 bridgehead atoms. The predicted molar refractivity (Wildman–Crippen MR) is 105 cm³/mol. The first-order chi connectivity index (χ1) is 14.0. The molecule has 0 aliphatic carbocycles. The van der Waals surface area contributed by atoms with Gasteiger partial charge in [-0.05, 0) is 25.3 Å². The Labute approximate surface area is 169 Å². The highest BCUT2D eigenvalue weighted by atomic mass is 16.5. The zero-order valence-corrected chi connectivity index (χ0v) is 16.6. The smallest absolute Gasteiger partial charge is 0.375 e. The van der Waals surface area contributed by atoms with Crippen molar-refractivity contribution in [3.8, 4) is 0 Å². The van der Waals surface area contributed by atoms with Gasteiger partial charge in [-0.3, -0.25) is 14.6 Å². The number of carbonyl (C=O) groups is 2. The standard InChI is InChI=1S/C21H24N5O3/c1-14-11-25-17-18(22-20(25)24(14)13-16-9-6-10-29-16)23(2)21(28)26(19(17)27)12-15-7-4-3-5-8-15/h3-5,7-8,11,16-17H,6,9-10,12-13H2,1-2H3/q+1. The number of aromatic nitrogens is 2. The van der Waals surface area contributed by atoms with Crippen LogP contribution in [0.15, 0.2) is 41.5 Å². The third-order valence-corrected chi connectivity index (χ3v) is 5.92. The van der Waals surface area contributed by atoms with Crippen LogP contribution in [0.1, 0.15) is 30.1 Å². The van der Waals surface area contributed by atoms with Crippen LogP contribution in [-0.4, -0.2) is 51.9 Å². The third-order valence-electron chi connectivity index (χ3n) is 5.92. The van der Waals surface area contributed by atoms with Crippen LogP contribution < -0.4 is 4.57 Å². The summed E-state index contributed by atoms with van der Waals surface area (Å²) in [6.45, 7) is 3.76. The van der Waals surface area contributed by atoms with Crippen molar-refractivity contribution in [3.63, 3.8) is 0 Å². The Kier molecular flexibility index (Phi) is 4.24. The Bertz CT molecular complexity index is 1010. The molecule has 5 rings (SSSR count). The largest absolute Gasteiger partial charge is 0.402 e. The molecule has 8 nitrogen and oxygen atoms in total. The highest BCUT2D eigenvalue weighted by Gasteiger charge is 2.53. The Morgan fingerprint density at radius 1 is 1.24 bits per heavy atom. The number of hydrogen-bond donors (Lipinski definition) is 0. The lowest BCUT2D eigenvalue weighted by molar-refractivity contribution is -0.677. The molecule has 3 amide bonds. The van der Waals surface area contributed by atoms with Crippen LogP contribution in [0.2, 0.25) is 0 Å². The van der Waals surface area contributed by atoms with E-state index in [2.05, 4.69) is 4.57 Å². The Hall–Kier alpha value is -3.00. The third kappa shape index (κ3) is 2.86. The van der Waals surface area contributed by atoms with Gasteiger partial charge >= 0.3 is 12.0 Å². The predicted octanol–water partition coefficient (Wildman–Crippen LogP) is 1.94. The summed E-state index contributed by atoms with van der Waals surface area (Å²) in [7, 11) is 1.68. The number of amidine groups is 1. The summed E-state index contributed by atoms with van der Waals surface area (Å²) in [5.74, 6) is 0.946. The molecular formula is C21H24N5O3+. The van der Waals surface area contributed by atoms with E-state index in [0.717, 1.165) is 30.7 Å². The van der Waals surface area contributed by atoms with Crippen LogP contribution in [0.4, 0.5) is 10.7 Å². The average molecular weight is 394 g/mol. The first kappa shape index (κ1) is 18.1. The van der Waals surface area contributed by atoms with E-state index in [9.17, 15) is 9.59 Å². The van der Waals surface area contributed by atoms with Gasteiger partial charge in [0, 0.05) is 13.7 Å². The van der Waals surface area contributed by atoms with Crippen molar-refractivity contribution < 1.29 is 18.9 Å². The molecule has 2 fully saturated rings. The minimum atomic E-state index is -0.610. The molecule has 2 aromatic rings. The number of ether oxygens (including phenoxy) is 1. The zero-order chi connectivity index (χ0) is 20.1. The van der Waals surface area contributed by atoms with E-state index in [4.69, 9.17) is 9.73 Å². The number of imide groups is 1. The molecule has 1 aromatic carbocycles. The van der Waals surface area contributed by atoms with Gasteiger partial charge in [0.05, 0.1) is 19.2 Å². The van der Waals surface area contributed by atoms with Crippen molar-refractivity contribution in [3.05, 3.63) is 47.8 Å². The van der Waals surface area contributed by atoms with Crippen LogP contribution in [0.25, 0.3) is 0 Å². The maximum Gasteiger partial charge on any atom is 0.402 e. The SMILES string of the molecule is Cc1c[n+]2c(n1CC1CCCO1)N=C1C2C(=O)N(Cc2ccccc2)C(=O)N1C. The van der Waals surface area contributed by atoms with E-state index < -0.39 is 6.04 Å². The lowest BCUT2D eigenvalue weighted by atomic mass is 10.1. The molecule has 8 heteroatoms. The molecule has 3 aliphatic rings. The van der Waals surface area contributed by atoms with Crippen LogP contribution >= 0.6 is 0 Å². The number of fused-ring (bicyclic) bond motifs is 3. The van der Waals surface area contributed by atoms with Gasteiger partial charge < -0.3 is 4.74 Å². The molecule has 0 saturated carbocycles. The fraction of sp³-hybridized carbons (Fsp3) is 0.429. The van der Waals surface area contributed by atoms with Crippen LogP contribution in [0, 0.1) is 6.92 Å². The van der Waals surface area contributed by atoms with Gasteiger partial charge in [0.15, 0.2) is 0 Å². The van der Waals surface area contributed by atoms with Crippen LogP contribution in [-0.2, 0) is 22.6 Å². The molecule has 3 aliphatic heterocycles.